The van der Waals surface area contributed by atoms with Crippen molar-refractivity contribution in [3.8, 4) is 5.75 Å². The van der Waals surface area contributed by atoms with Gasteiger partial charge in [0.15, 0.2) is 0 Å². The summed E-state index contributed by atoms with van der Waals surface area (Å²) in [5.74, 6) is -0.0209. The van der Waals surface area contributed by atoms with Crippen molar-refractivity contribution in [1.29, 1.82) is 0 Å². The predicted octanol–water partition coefficient (Wildman–Crippen LogP) is 0.734. The van der Waals surface area contributed by atoms with Crippen molar-refractivity contribution in [2.24, 2.45) is 5.92 Å². The quantitative estimate of drug-likeness (QED) is 0.621. The van der Waals surface area contributed by atoms with Gasteiger partial charge in [0.05, 0.1) is 31.7 Å². The molecule has 0 unspecified atom stereocenters. The number of carbonyl (C=O) groups is 2. The Labute approximate surface area is 127 Å². The number of benzene rings is 1. The standard InChI is InChI=1S/C15H18N2O5/c1-9-12-3-2-10(14(18)16-20)6-13(12)22-5-4-17(9)15(19)11-7-21-8-11/h2-3,6,9,11,20H,4-5,7-8H2,1H3,(H,16,18)/t9-/m0/s1. The van der Waals surface area contributed by atoms with Crippen molar-refractivity contribution in [2.45, 2.75) is 13.0 Å². The van der Waals surface area contributed by atoms with E-state index in [0.717, 1.165) is 5.56 Å². The molecule has 2 aliphatic rings. The van der Waals surface area contributed by atoms with E-state index in [-0.39, 0.29) is 17.9 Å². The summed E-state index contributed by atoms with van der Waals surface area (Å²) in [6.07, 6.45) is 0. The molecule has 1 fully saturated rings. The third kappa shape index (κ3) is 2.53. The third-order valence-corrected chi connectivity index (χ3v) is 4.16. The maximum atomic E-state index is 12.5. The Balaban J connectivity index is 1.87. The second-order valence-corrected chi connectivity index (χ2v) is 5.48. The van der Waals surface area contributed by atoms with E-state index in [9.17, 15) is 9.59 Å². The van der Waals surface area contributed by atoms with Gasteiger partial charge in [0.2, 0.25) is 5.91 Å². The van der Waals surface area contributed by atoms with Crippen LogP contribution in [0.2, 0.25) is 0 Å². The predicted molar refractivity (Wildman–Crippen MR) is 75.6 cm³/mol. The van der Waals surface area contributed by atoms with Gasteiger partial charge >= 0.3 is 0 Å². The van der Waals surface area contributed by atoms with Gasteiger partial charge in [0.25, 0.3) is 5.91 Å². The normalized spacial score (nSPS) is 21.2. The van der Waals surface area contributed by atoms with Gasteiger partial charge in [-0.3, -0.25) is 14.8 Å². The van der Waals surface area contributed by atoms with E-state index in [2.05, 4.69) is 0 Å². The van der Waals surface area contributed by atoms with Crippen molar-refractivity contribution in [2.75, 3.05) is 26.4 Å². The van der Waals surface area contributed by atoms with Gasteiger partial charge in [0, 0.05) is 11.1 Å². The van der Waals surface area contributed by atoms with Gasteiger partial charge in [-0.25, -0.2) is 5.48 Å². The van der Waals surface area contributed by atoms with Crippen LogP contribution in [-0.2, 0) is 9.53 Å². The molecule has 22 heavy (non-hydrogen) atoms. The highest BCUT2D eigenvalue weighted by atomic mass is 16.5. The molecule has 0 spiro atoms. The Hall–Kier alpha value is -2.12. The minimum atomic E-state index is -0.595. The lowest BCUT2D eigenvalue weighted by Crippen LogP contribution is -2.46. The van der Waals surface area contributed by atoms with Crippen molar-refractivity contribution < 1.29 is 24.3 Å². The molecule has 2 N–H and O–H groups in total. The van der Waals surface area contributed by atoms with E-state index >= 15 is 0 Å². The van der Waals surface area contributed by atoms with Gasteiger partial charge in [-0.1, -0.05) is 6.07 Å². The first-order valence-electron chi connectivity index (χ1n) is 7.21. The first kappa shape index (κ1) is 14.8. The fraction of sp³-hybridized carbons (Fsp3) is 0.467. The van der Waals surface area contributed by atoms with E-state index < -0.39 is 5.91 Å². The Morgan fingerprint density at radius 3 is 2.77 bits per heavy atom. The van der Waals surface area contributed by atoms with Crippen molar-refractivity contribution >= 4 is 11.8 Å². The molecular formula is C15H18N2O5. The summed E-state index contributed by atoms with van der Waals surface area (Å²) < 4.78 is 10.8. The van der Waals surface area contributed by atoms with Crippen LogP contribution in [0.25, 0.3) is 0 Å². The number of hydroxylamine groups is 1. The molecule has 7 heteroatoms. The van der Waals surface area contributed by atoms with E-state index in [1.807, 2.05) is 6.92 Å². The Kier molecular flexibility index (Phi) is 4.00. The van der Waals surface area contributed by atoms with Crippen molar-refractivity contribution in [3.63, 3.8) is 0 Å². The number of ether oxygens (including phenoxy) is 2. The maximum Gasteiger partial charge on any atom is 0.274 e. The van der Waals surface area contributed by atoms with Crippen LogP contribution >= 0.6 is 0 Å². The summed E-state index contributed by atoms with van der Waals surface area (Å²) in [4.78, 5) is 25.7. The minimum absolute atomic E-state index is 0.0663. The Morgan fingerprint density at radius 2 is 2.14 bits per heavy atom. The molecule has 0 bridgehead atoms. The number of rotatable bonds is 2. The highest BCUT2D eigenvalue weighted by molar-refractivity contribution is 5.94. The zero-order valence-corrected chi connectivity index (χ0v) is 12.2. The molecule has 7 nitrogen and oxygen atoms in total. The van der Waals surface area contributed by atoms with E-state index in [4.69, 9.17) is 14.7 Å². The van der Waals surface area contributed by atoms with Gasteiger partial charge in [-0.15, -0.1) is 0 Å². The van der Waals surface area contributed by atoms with Gasteiger partial charge < -0.3 is 14.4 Å². The molecule has 0 saturated carbocycles. The number of hydrogen-bond acceptors (Lipinski definition) is 5. The average Bonchev–Trinajstić information content (AvgIpc) is 2.63. The first-order valence-corrected chi connectivity index (χ1v) is 7.21. The number of nitrogens with zero attached hydrogens (tertiary/aromatic N) is 1. The topological polar surface area (TPSA) is 88.1 Å². The number of amides is 2. The molecule has 2 aliphatic heterocycles. The SMILES string of the molecule is C[C@H]1c2ccc(C(=O)NO)cc2OCCN1C(=O)C1COC1. The largest absolute Gasteiger partial charge is 0.491 e. The summed E-state index contributed by atoms with van der Waals surface area (Å²) in [6, 6.07) is 4.80. The second-order valence-electron chi connectivity index (χ2n) is 5.48. The molecule has 0 aliphatic carbocycles. The van der Waals surface area contributed by atoms with E-state index in [1.165, 1.54) is 0 Å². The van der Waals surface area contributed by atoms with Crippen molar-refractivity contribution in [1.82, 2.24) is 10.4 Å². The zero-order chi connectivity index (χ0) is 15.7. The molecule has 2 amide bonds. The fourth-order valence-electron chi connectivity index (χ4n) is 2.74. The van der Waals surface area contributed by atoms with Crippen LogP contribution < -0.4 is 10.2 Å². The van der Waals surface area contributed by atoms with Gasteiger partial charge in [0.1, 0.15) is 12.4 Å². The van der Waals surface area contributed by atoms with Crippen LogP contribution in [-0.4, -0.2) is 48.3 Å². The highest BCUT2D eigenvalue weighted by Crippen LogP contribution is 2.34. The van der Waals surface area contributed by atoms with E-state index in [1.54, 1.807) is 28.6 Å². The molecule has 1 aromatic carbocycles. The molecule has 118 valence electrons. The monoisotopic (exact) mass is 306 g/mol. The average molecular weight is 306 g/mol. The van der Waals surface area contributed by atoms with Gasteiger partial charge in [-0.2, -0.15) is 0 Å². The molecule has 3 rings (SSSR count). The van der Waals surface area contributed by atoms with Crippen LogP contribution in [0.3, 0.4) is 0 Å². The molecule has 1 atom stereocenters. The Bertz CT molecular complexity index is 600. The number of carbonyl (C=O) groups excluding carboxylic acids is 2. The summed E-state index contributed by atoms with van der Waals surface area (Å²) in [5.41, 5.74) is 2.75. The lowest BCUT2D eigenvalue weighted by atomic mass is 10.0. The Morgan fingerprint density at radius 1 is 1.36 bits per heavy atom. The van der Waals surface area contributed by atoms with Crippen molar-refractivity contribution in [3.05, 3.63) is 29.3 Å². The number of fused-ring (bicyclic) bond motifs is 1. The lowest BCUT2D eigenvalue weighted by molar-refractivity contribution is -0.152. The summed E-state index contributed by atoms with van der Waals surface area (Å²) in [5, 5.41) is 8.70. The van der Waals surface area contributed by atoms with Gasteiger partial charge in [-0.05, 0) is 19.1 Å². The highest BCUT2D eigenvalue weighted by Gasteiger charge is 2.35. The third-order valence-electron chi connectivity index (χ3n) is 4.16. The van der Waals surface area contributed by atoms with Crippen LogP contribution in [0.15, 0.2) is 18.2 Å². The zero-order valence-electron chi connectivity index (χ0n) is 12.2. The maximum absolute atomic E-state index is 12.5. The summed E-state index contributed by atoms with van der Waals surface area (Å²) in [7, 11) is 0. The molecule has 0 aromatic heterocycles. The van der Waals surface area contributed by atoms with Crippen LogP contribution in [0.4, 0.5) is 0 Å². The molecule has 1 aromatic rings. The van der Waals surface area contributed by atoms with Crippen LogP contribution in [0, 0.1) is 5.92 Å². The summed E-state index contributed by atoms with van der Waals surface area (Å²) in [6.45, 7) is 3.75. The fourth-order valence-corrected chi connectivity index (χ4v) is 2.74. The number of hydrogen-bond donors (Lipinski definition) is 2. The summed E-state index contributed by atoms with van der Waals surface area (Å²) >= 11 is 0. The smallest absolute Gasteiger partial charge is 0.274 e. The van der Waals surface area contributed by atoms with E-state index in [0.29, 0.717) is 37.7 Å². The molecule has 2 heterocycles. The first-order chi connectivity index (χ1) is 10.6. The van der Waals surface area contributed by atoms with Crippen LogP contribution in [0.5, 0.6) is 5.75 Å². The lowest BCUT2D eigenvalue weighted by Gasteiger charge is -2.34. The minimum Gasteiger partial charge on any atom is -0.491 e. The molecular weight excluding hydrogens is 288 g/mol. The number of nitrogens with one attached hydrogen (secondary N) is 1. The molecule has 1 saturated heterocycles. The van der Waals surface area contributed by atoms with Crippen LogP contribution in [0.1, 0.15) is 28.9 Å². The second kappa shape index (κ2) is 5.94. The molecule has 0 radical (unpaired) electrons.